The van der Waals surface area contributed by atoms with Crippen LogP contribution in [-0.4, -0.2) is 9.97 Å². The number of hydrogen-bond donors (Lipinski definition) is 0. The summed E-state index contributed by atoms with van der Waals surface area (Å²) in [7, 11) is 0. The van der Waals surface area contributed by atoms with E-state index in [-0.39, 0.29) is 5.41 Å². The molecule has 0 aliphatic heterocycles. The highest BCUT2D eigenvalue weighted by molar-refractivity contribution is 6.31. The van der Waals surface area contributed by atoms with Gasteiger partial charge in [-0.25, -0.2) is 9.97 Å². The van der Waals surface area contributed by atoms with Gasteiger partial charge in [-0.15, -0.1) is 0 Å². The minimum atomic E-state index is -0.225. The molecule has 0 N–H and O–H groups in total. The zero-order valence-corrected chi connectivity index (χ0v) is 24.0. The monoisotopic (exact) mass is 559 g/mol. The molecule has 0 spiro atoms. The first-order valence-corrected chi connectivity index (χ1v) is 14.3. The van der Waals surface area contributed by atoms with Gasteiger partial charge in [0.25, 0.3) is 0 Å². The summed E-state index contributed by atoms with van der Waals surface area (Å²) in [5.41, 5.74) is 12.0. The van der Waals surface area contributed by atoms with Gasteiger partial charge in [0.05, 0.1) is 23.0 Å². The van der Waals surface area contributed by atoms with Crippen molar-refractivity contribution < 1.29 is 0 Å². The first kappa shape index (κ1) is 25.9. The lowest BCUT2D eigenvalue weighted by atomic mass is 9.81. The van der Waals surface area contributed by atoms with E-state index in [1.54, 1.807) is 0 Å². The van der Waals surface area contributed by atoms with Gasteiger partial charge in [0.15, 0.2) is 5.82 Å². The van der Waals surface area contributed by atoms with Crippen molar-refractivity contribution in [2.75, 3.05) is 0 Å². The average molecular weight is 560 g/mol. The van der Waals surface area contributed by atoms with Crippen LogP contribution in [0.15, 0.2) is 121 Å². The summed E-state index contributed by atoms with van der Waals surface area (Å²) in [6, 6.07) is 43.3. The summed E-state index contributed by atoms with van der Waals surface area (Å²) >= 11 is 6.77. The van der Waals surface area contributed by atoms with Gasteiger partial charge in [-0.2, -0.15) is 5.26 Å². The summed E-state index contributed by atoms with van der Waals surface area (Å²) in [4.78, 5) is 9.93. The van der Waals surface area contributed by atoms with E-state index >= 15 is 0 Å². The number of benzene rings is 5. The molecule has 42 heavy (non-hydrogen) atoms. The number of rotatable bonds is 4. The molecule has 0 bridgehead atoms. The molecular formula is C38H26ClN3. The number of hydrogen-bond acceptors (Lipinski definition) is 3. The van der Waals surface area contributed by atoms with Gasteiger partial charge in [-0.1, -0.05) is 104 Å². The second kappa shape index (κ2) is 10.1. The van der Waals surface area contributed by atoms with E-state index in [0.29, 0.717) is 16.4 Å². The van der Waals surface area contributed by atoms with Crippen molar-refractivity contribution in [1.82, 2.24) is 9.97 Å². The second-order valence-corrected chi connectivity index (χ2v) is 11.6. The minimum absolute atomic E-state index is 0.225. The molecule has 3 nitrogen and oxygen atoms in total. The number of fused-ring (bicyclic) bond motifs is 3. The number of halogens is 1. The molecule has 0 fully saturated rings. The van der Waals surface area contributed by atoms with Crippen LogP contribution in [0.2, 0.25) is 5.02 Å². The van der Waals surface area contributed by atoms with Gasteiger partial charge < -0.3 is 0 Å². The van der Waals surface area contributed by atoms with Gasteiger partial charge in [0.2, 0.25) is 0 Å². The van der Waals surface area contributed by atoms with Gasteiger partial charge in [0.1, 0.15) is 0 Å². The van der Waals surface area contributed by atoms with Crippen LogP contribution >= 0.6 is 11.6 Å². The molecule has 6 aromatic rings. The molecule has 5 aromatic carbocycles. The maximum absolute atomic E-state index is 9.49. The molecule has 0 atom stereocenters. The first-order valence-electron chi connectivity index (χ1n) is 13.9. The fraction of sp³-hybridized carbons (Fsp3) is 0.0789. The summed E-state index contributed by atoms with van der Waals surface area (Å²) in [5, 5.41) is 10.1. The van der Waals surface area contributed by atoms with Crippen LogP contribution < -0.4 is 0 Å². The Morgan fingerprint density at radius 2 is 1.17 bits per heavy atom. The van der Waals surface area contributed by atoms with Crippen LogP contribution in [0.3, 0.4) is 0 Å². The average Bonchev–Trinajstić information content (AvgIpc) is 3.26. The molecule has 4 heteroatoms. The topological polar surface area (TPSA) is 49.6 Å². The van der Waals surface area contributed by atoms with E-state index in [1.165, 1.54) is 22.3 Å². The quantitative estimate of drug-likeness (QED) is 0.216. The lowest BCUT2D eigenvalue weighted by Gasteiger charge is -2.22. The highest BCUT2D eigenvalue weighted by Gasteiger charge is 2.35. The van der Waals surface area contributed by atoms with Crippen LogP contribution in [0, 0.1) is 11.3 Å². The van der Waals surface area contributed by atoms with Gasteiger partial charge >= 0.3 is 0 Å². The third-order valence-electron chi connectivity index (χ3n) is 8.16. The first-order chi connectivity index (χ1) is 20.4. The third kappa shape index (κ3) is 4.47. The predicted octanol–water partition coefficient (Wildman–Crippen LogP) is 9.98. The smallest absolute Gasteiger partial charge is 0.160 e. The molecule has 7 rings (SSSR count). The van der Waals surface area contributed by atoms with E-state index in [2.05, 4.69) is 62.4 Å². The Kier molecular flexibility index (Phi) is 6.23. The predicted molar refractivity (Wildman–Crippen MR) is 171 cm³/mol. The number of nitrogens with zero attached hydrogens (tertiary/aromatic N) is 3. The van der Waals surface area contributed by atoms with Crippen molar-refractivity contribution in [3.8, 4) is 62.2 Å². The molecule has 1 aliphatic rings. The molecule has 200 valence electrons. The maximum atomic E-state index is 9.49. The van der Waals surface area contributed by atoms with Crippen molar-refractivity contribution in [3.63, 3.8) is 0 Å². The molecular weight excluding hydrogens is 534 g/mol. The summed E-state index contributed by atoms with van der Waals surface area (Å²) < 4.78 is 0. The molecule has 0 radical (unpaired) electrons. The summed E-state index contributed by atoms with van der Waals surface area (Å²) in [6.07, 6.45) is 0. The Morgan fingerprint density at radius 1 is 0.571 bits per heavy atom. The normalized spacial score (nSPS) is 12.8. The molecule has 0 saturated heterocycles. The van der Waals surface area contributed by atoms with Crippen LogP contribution in [0.5, 0.6) is 0 Å². The lowest BCUT2D eigenvalue weighted by molar-refractivity contribution is 0.660. The van der Waals surface area contributed by atoms with E-state index in [9.17, 15) is 5.26 Å². The second-order valence-electron chi connectivity index (χ2n) is 11.2. The van der Waals surface area contributed by atoms with Crippen LogP contribution in [0.4, 0.5) is 0 Å². The molecule has 0 amide bonds. The Balaban J connectivity index is 1.35. The van der Waals surface area contributed by atoms with Crippen LogP contribution in [0.25, 0.3) is 56.2 Å². The highest BCUT2D eigenvalue weighted by atomic mass is 35.5. The summed E-state index contributed by atoms with van der Waals surface area (Å²) in [5.74, 6) is 0.669. The SMILES string of the molecule is CC1(C)c2cc(C#N)ccc2-c2ccc(-c3cc(Cl)cc(-c4cc(-c5ccccc5)nc(-c5ccccc5)n4)c3)cc21. The van der Waals surface area contributed by atoms with Crippen LogP contribution in [-0.2, 0) is 5.41 Å². The third-order valence-corrected chi connectivity index (χ3v) is 8.38. The van der Waals surface area contributed by atoms with Crippen molar-refractivity contribution in [1.29, 1.82) is 5.26 Å². The Bertz CT molecular complexity index is 1960. The van der Waals surface area contributed by atoms with Gasteiger partial charge in [-0.05, 0) is 75.8 Å². The number of nitriles is 1. The maximum Gasteiger partial charge on any atom is 0.160 e. The fourth-order valence-electron chi connectivity index (χ4n) is 5.96. The molecule has 1 aromatic heterocycles. The largest absolute Gasteiger partial charge is 0.228 e. The van der Waals surface area contributed by atoms with Gasteiger partial charge in [-0.3, -0.25) is 0 Å². The van der Waals surface area contributed by atoms with Crippen molar-refractivity contribution in [2.24, 2.45) is 0 Å². The fourth-order valence-corrected chi connectivity index (χ4v) is 6.19. The highest BCUT2D eigenvalue weighted by Crippen LogP contribution is 2.50. The molecule has 0 saturated carbocycles. The Morgan fingerprint density at radius 3 is 1.86 bits per heavy atom. The van der Waals surface area contributed by atoms with E-state index in [0.717, 1.165) is 39.2 Å². The standard InChI is InChI=1S/C38H26ClN3/c1-38(2)33-17-24(23-40)13-15-31(33)32-16-14-27(21-34(32)38)28-18-29(20-30(39)19-28)36-22-35(25-9-5-3-6-10-25)41-37(42-36)26-11-7-4-8-12-26/h3-22H,1-2H3. The van der Waals surface area contributed by atoms with Crippen LogP contribution in [0.1, 0.15) is 30.5 Å². The summed E-state index contributed by atoms with van der Waals surface area (Å²) in [6.45, 7) is 4.45. The van der Waals surface area contributed by atoms with E-state index in [4.69, 9.17) is 21.6 Å². The van der Waals surface area contributed by atoms with Crippen molar-refractivity contribution in [3.05, 3.63) is 143 Å². The molecule has 0 unspecified atom stereocenters. The Hall–Kier alpha value is -5.04. The zero-order chi connectivity index (χ0) is 28.8. The molecule has 1 heterocycles. The van der Waals surface area contributed by atoms with E-state index < -0.39 is 0 Å². The minimum Gasteiger partial charge on any atom is -0.228 e. The van der Waals surface area contributed by atoms with Gasteiger partial charge in [0, 0.05) is 27.1 Å². The van der Waals surface area contributed by atoms with E-state index in [1.807, 2.05) is 78.9 Å². The lowest BCUT2D eigenvalue weighted by Crippen LogP contribution is -2.15. The zero-order valence-electron chi connectivity index (χ0n) is 23.3. The van der Waals surface area contributed by atoms with Crippen molar-refractivity contribution in [2.45, 2.75) is 19.3 Å². The molecule has 1 aliphatic carbocycles. The van der Waals surface area contributed by atoms with Crippen molar-refractivity contribution >= 4 is 11.6 Å². The Labute approximate surface area is 250 Å². The number of aromatic nitrogens is 2.